The number of amides is 4. The highest BCUT2D eigenvalue weighted by atomic mass is 16.2. The Balaban J connectivity index is 1.34. The summed E-state index contributed by atoms with van der Waals surface area (Å²) in [4.78, 5) is 52.1. The molecule has 10 nitrogen and oxygen atoms in total. The Bertz CT molecular complexity index is 1470. The second-order valence-electron chi connectivity index (χ2n) is 10.4. The lowest BCUT2D eigenvalue weighted by Crippen LogP contribution is -2.37. The van der Waals surface area contributed by atoms with E-state index < -0.39 is 11.8 Å². The molecule has 2 aliphatic rings. The fraction of sp³-hybridized carbons (Fsp3) is 0.333. The summed E-state index contributed by atoms with van der Waals surface area (Å²) in [5.41, 5.74) is 5.23. The Morgan fingerprint density at radius 2 is 1.62 bits per heavy atom. The summed E-state index contributed by atoms with van der Waals surface area (Å²) in [6, 6.07) is 15.7. The Hall–Kier alpha value is -4.60. The van der Waals surface area contributed by atoms with Gasteiger partial charge in [0, 0.05) is 55.8 Å². The van der Waals surface area contributed by atoms with E-state index in [0.717, 1.165) is 51.6 Å². The van der Waals surface area contributed by atoms with Gasteiger partial charge in [-0.15, -0.1) is 5.10 Å². The third-order valence-corrected chi connectivity index (χ3v) is 7.13. The Morgan fingerprint density at radius 3 is 2.38 bits per heavy atom. The molecule has 3 heterocycles. The van der Waals surface area contributed by atoms with Crippen LogP contribution in [0, 0.1) is 5.92 Å². The van der Waals surface area contributed by atoms with E-state index in [1.165, 1.54) is 12.2 Å². The van der Waals surface area contributed by atoms with Gasteiger partial charge in [0.15, 0.2) is 0 Å². The number of aromatic nitrogens is 3. The van der Waals surface area contributed by atoms with Gasteiger partial charge in [0.05, 0.1) is 17.9 Å². The molecule has 0 fully saturated rings. The van der Waals surface area contributed by atoms with Crippen molar-refractivity contribution >= 4 is 29.3 Å². The predicted molar refractivity (Wildman–Crippen MR) is 150 cm³/mol. The molecular weight excluding hydrogens is 508 g/mol. The first-order valence-electron chi connectivity index (χ1n) is 13.5. The maximum Gasteiger partial charge on any atom is 0.253 e. The zero-order valence-corrected chi connectivity index (χ0v) is 22.7. The largest absolute Gasteiger partial charge is 0.356 e. The maximum atomic E-state index is 13.6. The summed E-state index contributed by atoms with van der Waals surface area (Å²) in [6.07, 6.45) is 3.40. The summed E-state index contributed by atoms with van der Waals surface area (Å²) in [5.74, 6) is -0.806. The normalized spacial score (nSPS) is 14.1. The zero-order valence-electron chi connectivity index (χ0n) is 22.7. The fourth-order valence-electron chi connectivity index (χ4n) is 4.97. The second kappa shape index (κ2) is 11.6. The minimum Gasteiger partial charge on any atom is -0.356 e. The topological polar surface area (TPSA) is 118 Å². The molecule has 0 saturated heterocycles. The molecule has 0 radical (unpaired) electrons. The summed E-state index contributed by atoms with van der Waals surface area (Å²) < 4.78 is 1.97. The number of para-hydroxylation sites is 1. The van der Waals surface area contributed by atoms with Crippen LogP contribution in [0.3, 0.4) is 0 Å². The van der Waals surface area contributed by atoms with Gasteiger partial charge in [-0.2, -0.15) is 0 Å². The van der Waals surface area contributed by atoms with Crippen molar-refractivity contribution in [3.8, 4) is 22.5 Å². The van der Waals surface area contributed by atoms with Gasteiger partial charge in [-0.25, -0.2) is 4.68 Å². The average Bonchev–Trinajstić information content (AvgIpc) is 3.50. The van der Waals surface area contributed by atoms with Crippen LogP contribution in [0.2, 0.25) is 0 Å². The van der Waals surface area contributed by atoms with E-state index in [4.69, 9.17) is 0 Å². The van der Waals surface area contributed by atoms with Crippen LogP contribution in [-0.4, -0.2) is 56.6 Å². The van der Waals surface area contributed by atoms with Gasteiger partial charge in [0.1, 0.15) is 5.69 Å². The number of nitrogens with one attached hydrogen (secondary N) is 1. The highest BCUT2D eigenvalue weighted by Gasteiger charge is 2.29. The number of fused-ring (bicyclic) bond motifs is 5. The SMILES string of the molecule is CC(C)CCn1nnc2c1-c1ccccc1CN(C(=O)CCNC(=O)CCN1C(=O)C=CC1=O)c1ccccc1-2. The Labute approximate surface area is 232 Å². The maximum absolute atomic E-state index is 13.6. The molecule has 0 aliphatic carbocycles. The Kier molecular flexibility index (Phi) is 7.86. The van der Waals surface area contributed by atoms with Crippen molar-refractivity contribution in [1.29, 1.82) is 0 Å². The van der Waals surface area contributed by atoms with E-state index in [1.54, 1.807) is 4.90 Å². The summed E-state index contributed by atoms with van der Waals surface area (Å²) in [7, 11) is 0. The van der Waals surface area contributed by atoms with E-state index in [2.05, 4.69) is 29.5 Å². The standard InChI is InChI=1S/C30H32N6O4/c1-20(2)14-18-36-30-22-8-4-3-7-21(22)19-35(24-10-6-5-9-23(24)29(30)32-33-36)28(40)13-16-31-25(37)15-17-34-26(38)11-12-27(34)39/h3-12,20H,13-19H2,1-2H3,(H,31,37). The van der Waals surface area contributed by atoms with Gasteiger partial charge in [-0.3, -0.25) is 24.1 Å². The van der Waals surface area contributed by atoms with Crippen molar-refractivity contribution < 1.29 is 19.2 Å². The smallest absolute Gasteiger partial charge is 0.253 e. The fourth-order valence-corrected chi connectivity index (χ4v) is 4.97. The first-order valence-corrected chi connectivity index (χ1v) is 13.5. The van der Waals surface area contributed by atoms with E-state index in [9.17, 15) is 19.2 Å². The molecule has 3 aromatic rings. The molecular formula is C30H32N6O4. The van der Waals surface area contributed by atoms with Crippen LogP contribution >= 0.6 is 0 Å². The van der Waals surface area contributed by atoms with Crippen molar-refractivity contribution in [2.24, 2.45) is 5.92 Å². The van der Waals surface area contributed by atoms with E-state index in [1.807, 2.05) is 53.2 Å². The summed E-state index contributed by atoms with van der Waals surface area (Å²) in [5, 5.41) is 11.8. The number of nitrogens with zero attached hydrogens (tertiary/aromatic N) is 5. The molecule has 0 saturated carbocycles. The Morgan fingerprint density at radius 1 is 0.925 bits per heavy atom. The second-order valence-corrected chi connectivity index (χ2v) is 10.4. The lowest BCUT2D eigenvalue weighted by Gasteiger charge is -2.28. The summed E-state index contributed by atoms with van der Waals surface area (Å²) in [6.45, 7) is 5.61. The molecule has 10 heteroatoms. The van der Waals surface area contributed by atoms with E-state index >= 15 is 0 Å². The molecule has 1 N–H and O–H groups in total. The monoisotopic (exact) mass is 540 g/mol. The molecule has 40 heavy (non-hydrogen) atoms. The number of carbonyl (C=O) groups excluding carboxylic acids is 4. The highest BCUT2D eigenvalue weighted by molar-refractivity contribution is 6.13. The van der Waals surface area contributed by atoms with Crippen LogP contribution in [-0.2, 0) is 32.3 Å². The van der Waals surface area contributed by atoms with Gasteiger partial charge >= 0.3 is 0 Å². The molecule has 2 aromatic carbocycles. The molecule has 1 aromatic heterocycles. The predicted octanol–water partition coefficient (Wildman–Crippen LogP) is 3.33. The molecule has 4 amide bonds. The number of imide groups is 1. The zero-order chi connectivity index (χ0) is 28.2. The van der Waals surface area contributed by atoms with Crippen molar-refractivity contribution in [2.45, 2.75) is 46.2 Å². The average molecular weight is 541 g/mol. The quantitative estimate of drug-likeness (QED) is 0.416. The molecule has 2 aliphatic heterocycles. The van der Waals surface area contributed by atoms with Crippen molar-refractivity contribution in [3.05, 3.63) is 66.2 Å². The molecule has 206 valence electrons. The van der Waals surface area contributed by atoms with Gasteiger partial charge in [-0.05, 0) is 24.0 Å². The van der Waals surface area contributed by atoms with Crippen LogP contribution in [0.4, 0.5) is 5.69 Å². The van der Waals surface area contributed by atoms with Gasteiger partial charge in [0.2, 0.25) is 11.8 Å². The van der Waals surface area contributed by atoms with Crippen LogP contribution in [0.5, 0.6) is 0 Å². The number of hydrogen-bond acceptors (Lipinski definition) is 6. The van der Waals surface area contributed by atoms with Gasteiger partial charge < -0.3 is 10.2 Å². The first-order chi connectivity index (χ1) is 19.3. The summed E-state index contributed by atoms with van der Waals surface area (Å²) >= 11 is 0. The molecule has 0 bridgehead atoms. The lowest BCUT2D eigenvalue weighted by atomic mass is 9.95. The molecule has 0 atom stereocenters. The van der Waals surface area contributed by atoms with Crippen molar-refractivity contribution in [2.75, 3.05) is 18.0 Å². The third-order valence-electron chi connectivity index (χ3n) is 7.13. The minimum absolute atomic E-state index is 0.000908. The third kappa shape index (κ3) is 5.56. The number of aryl methyl sites for hydroxylation is 1. The number of carbonyl (C=O) groups is 4. The van der Waals surface area contributed by atoms with E-state index in [-0.39, 0.29) is 37.7 Å². The lowest BCUT2D eigenvalue weighted by molar-refractivity contribution is -0.137. The number of rotatable bonds is 9. The van der Waals surface area contributed by atoms with Crippen LogP contribution < -0.4 is 10.2 Å². The van der Waals surface area contributed by atoms with Gasteiger partial charge in [0.25, 0.3) is 11.8 Å². The number of benzene rings is 2. The number of anilines is 1. The van der Waals surface area contributed by atoms with E-state index in [0.29, 0.717) is 12.5 Å². The van der Waals surface area contributed by atoms with Crippen LogP contribution in [0.15, 0.2) is 60.7 Å². The minimum atomic E-state index is -0.424. The molecule has 0 unspecified atom stereocenters. The molecule has 5 rings (SSSR count). The molecule has 0 spiro atoms. The first kappa shape index (κ1) is 27.0. The van der Waals surface area contributed by atoms with Crippen LogP contribution in [0.25, 0.3) is 22.5 Å². The van der Waals surface area contributed by atoms with Crippen molar-refractivity contribution in [1.82, 2.24) is 25.2 Å². The van der Waals surface area contributed by atoms with Gasteiger partial charge in [-0.1, -0.05) is 61.5 Å². The highest BCUT2D eigenvalue weighted by Crippen LogP contribution is 2.41. The number of hydrogen-bond donors (Lipinski definition) is 1. The van der Waals surface area contributed by atoms with Crippen LogP contribution in [0.1, 0.15) is 38.7 Å². The van der Waals surface area contributed by atoms with Crippen molar-refractivity contribution in [3.63, 3.8) is 0 Å².